The molecule has 0 saturated carbocycles. The maximum atomic E-state index is 11.6. The number of aliphatic hydroxyl groups is 1. The molecule has 0 aromatic carbocycles. The highest BCUT2D eigenvalue weighted by Crippen LogP contribution is 2.36. The number of fused-ring (bicyclic) bond motifs is 1. The van der Waals surface area contributed by atoms with Crippen molar-refractivity contribution in [2.75, 3.05) is 0 Å². The number of hydrogen-bond acceptors (Lipinski definition) is 2. The van der Waals surface area contributed by atoms with E-state index >= 15 is 0 Å². The van der Waals surface area contributed by atoms with Crippen LogP contribution in [0.15, 0.2) is 12.2 Å². The summed E-state index contributed by atoms with van der Waals surface area (Å²) in [5.41, 5.74) is -0.963. The molecule has 1 N–H and O–H groups in total. The van der Waals surface area contributed by atoms with Gasteiger partial charge in [-0.05, 0) is 31.8 Å². The van der Waals surface area contributed by atoms with Crippen molar-refractivity contribution >= 4 is 5.91 Å². The first-order chi connectivity index (χ1) is 6.67. The third kappa shape index (κ3) is 1.36. The monoisotopic (exact) mass is 195 g/mol. The summed E-state index contributed by atoms with van der Waals surface area (Å²) in [4.78, 5) is 13.2. The molecule has 0 aliphatic carbocycles. The molecule has 2 rings (SSSR count). The van der Waals surface area contributed by atoms with Crippen molar-refractivity contribution in [1.82, 2.24) is 4.90 Å². The Hall–Kier alpha value is -0.830. The summed E-state index contributed by atoms with van der Waals surface area (Å²) in [5.74, 6) is -0.0225. The Kier molecular flexibility index (Phi) is 2.35. The van der Waals surface area contributed by atoms with Crippen molar-refractivity contribution in [3.63, 3.8) is 0 Å². The zero-order chi connectivity index (χ0) is 10.2. The van der Waals surface area contributed by atoms with Crippen LogP contribution in [-0.2, 0) is 4.79 Å². The van der Waals surface area contributed by atoms with E-state index in [1.54, 1.807) is 11.0 Å². The molecule has 2 atom stereocenters. The SMILES string of the molecule is CCCC1CCCC2(O)C=CC(=O)N12. The molecule has 0 spiro atoms. The van der Waals surface area contributed by atoms with Gasteiger partial charge in [0.05, 0.1) is 0 Å². The maximum Gasteiger partial charge on any atom is 0.249 e. The van der Waals surface area contributed by atoms with Crippen LogP contribution in [0.4, 0.5) is 0 Å². The molecule has 2 heterocycles. The Balaban J connectivity index is 2.19. The highest BCUT2D eigenvalue weighted by atomic mass is 16.3. The maximum absolute atomic E-state index is 11.6. The van der Waals surface area contributed by atoms with E-state index in [0.717, 1.165) is 25.7 Å². The van der Waals surface area contributed by atoms with Gasteiger partial charge in [0.15, 0.2) is 5.72 Å². The minimum absolute atomic E-state index is 0.0225. The Morgan fingerprint density at radius 2 is 2.50 bits per heavy atom. The van der Waals surface area contributed by atoms with Crippen LogP contribution >= 0.6 is 0 Å². The number of carbonyl (C=O) groups excluding carboxylic acids is 1. The van der Waals surface area contributed by atoms with Gasteiger partial charge < -0.3 is 10.0 Å². The van der Waals surface area contributed by atoms with Gasteiger partial charge in [0.2, 0.25) is 5.91 Å². The zero-order valence-corrected chi connectivity index (χ0v) is 8.57. The second-order valence-electron chi connectivity index (χ2n) is 4.25. The standard InChI is InChI=1S/C11H17NO2/c1-2-4-9-5-3-7-11(14)8-6-10(13)12(9)11/h6,8-9,14H,2-5,7H2,1H3. The zero-order valence-electron chi connectivity index (χ0n) is 8.57. The van der Waals surface area contributed by atoms with Gasteiger partial charge in [-0.3, -0.25) is 4.79 Å². The van der Waals surface area contributed by atoms with Gasteiger partial charge >= 0.3 is 0 Å². The van der Waals surface area contributed by atoms with E-state index in [-0.39, 0.29) is 11.9 Å². The van der Waals surface area contributed by atoms with Gasteiger partial charge in [0.25, 0.3) is 0 Å². The van der Waals surface area contributed by atoms with Crippen molar-refractivity contribution in [3.05, 3.63) is 12.2 Å². The molecule has 1 fully saturated rings. The van der Waals surface area contributed by atoms with Gasteiger partial charge in [0, 0.05) is 12.1 Å². The Labute approximate surface area is 84.4 Å². The van der Waals surface area contributed by atoms with Crippen LogP contribution in [0.2, 0.25) is 0 Å². The molecule has 3 nitrogen and oxygen atoms in total. The van der Waals surface area contributed by atoms with E-state index in [0.29, 0.717) is 6.42 Å². The lowest BCUT2D eigenvalue weighted by Gasteiger charge is -2.43. The van der Waals surface area contributed by atoms with Crippen LogP contribution in [0.25, 0.3) is 0 Å². The summed E-state index contributed by atoms with van der Waals surface area (Å²) in [7, 11) is 0. The molecule has 0 radical (unpaired) electrons. The fourth-order valence-electron chi connectivity index (χ4n) is 2.59. The van der Waals surface area contributed by atoms with E-state index in [2.05, 4.69) is 6.92 Å². The van der Waals surface area contributed by atoms with Gasteiger partial charge in [-0.1, -0.05) is 13.3 Å². The fraction of sp³-hybridized carbons (Fsp3) is 0.727. The lowest BCUT2D eigenvalue weighted by Crippen LogP contribution is -2.54. The summed E-state index contributed by atoms with van der Waals surface area (Å²) < 4.78 is 0. The molecule has 0 aromatic rings. The molecular formula is C11H17NO2. The first-order valence-corrected chi connectivity index (χ1v) is 5.42. The van der Waals surface area contributed by atoms with Crippen molar-refractivity contribution in [2.24, 2.45) is 0 Å². The Morgan fingerprint density at radius 1 is 1.71 bits per heavy atom. The van der Waals surface area contributed by atoms with Crippen LogP contribution < -0.4 is 0 Å². The third-order valence-corrected chi connectivity index (χ3v) is 3.22. The summed E-state index contributed by atoms with van der Waals surface area (Å²) in [6.07, 6.45) is 7.94. The number of amides is 1. The van der Waals surface area contributed by atoms with Crippen LogP contribution in [0.1, 0.15) is 39.0 Å². The largest absolute Gasteiger partial charge is 0.367 e. The van der Waals surface area contributed by atoms with Crippen molar-refractivity contribution in [3.8, 4) is 0 Å². The average Bonchev–Trinajstić information content (AvgIpc) is 2.44. The van der Waals surface area contributed by atoms with Crippen molar-refractivity contribution in [1.29, 1.82) is 0 Å². The minimum Gasteiger partial charge on any atom is -0.367 e. The Bertz CT molecular complexity index is 272. The van der Waals surface area contributed by atoms with Gasteiger partial charge in [0.1, 0.15) is 0 Å². The number of nitrogens with zero attached hydrogens (tertiary/aromatic N) is 1. The molecule has 3 heteroatoms. The number of hydrogen-bond donors (Lipinski definition) is 1. The number of rotatable bonds is 2. The summed E-state index contributed by atoms with van der Waals surface area (Å²) in [5, 5.41) is 10.2. The summed E-state index contributed by atoms with van der Waals surface area (Å²) in [6, 6.07) is 0.237. The van der Waals surface area contributed by atoms with E-state index in [1.807, 2.05) is 0 Å². The second kappa shape index (κ2) is 3.39. The molecule has 78 valence electrons. The lowest BCUT2D eigenvalue weighted by molar-refractivity contribution is -0.155. The van der Waals surface area contributed by atoms with Gasteiger partial charge in [-0.15, -0.1) is 0 Å². The smallest absolute Gasteiger partial charge is 0.249 e. The Morgan fingerprint density at radius 3 is 3.21 bits per heavy atom. The van der Waals surface area contributed by atoms with Crippen LogP contribution in [0, 0.1) is 0 Å². The van der Waals surface area contributed by atoms with Crippen LogP contribution in [0.3, 0.4) is 0 Å². The predicted molar refractivity (Wildman–Crippen MR) is 53.5 cm³/mol. The minimum atomic E-state index is -0.963. The average molecular weight is 195 g/mol. The number of carbonyl (C=O) groups is 1. The predicted octanol–water partition coefficient (Wildman–Crippen LogP) is 1.43. The highest BCUT2D eigenvalue weighted by molar-refractivity contribution is 5.91. The van der Waals surface area contributed by atoms with E-state index in [1.165, 1.54) is 6.08 Å². The first kappa shape index (κ1) is 9.71. The van der Waals surface area contributed by atoms with Gasteiger partial charge in [-0.2, -0.15) is 0 Å². The van der Waals surface area contributed by atoms with Crippen LogP contribution in [-0.4, -0.2) is 27.7 Å². The highest BCUT2D eigenvalue weighted by Gasteiger charge is 2.45. The molecule has 0 aromatic heterocycles. The van der Waals surface area contributed by atoms with E-state index in [9.17, 15) is 9.90 Å². The molecule has 1 amide bonds. The molecule has 2 aliphatic rings. The van der Waals surface area contributed by atoms with E-state index in [4.69, 9.17) is 0 Å². The number of piperidine rings is 1. The topological polar surface area (TPSA) is 40.5 Å². The molecule has 0 bridgehead atoms. The normalized spacial score (nSPS) is 36.3. The molecular weight excluding hydrogens is 178 g/mol. The van der Waals surface area contributed by atoms with Crippen molar-refractivity contribution in [2.45, 2.75) is 50.8 Å². The molecule has 2 unspecified atom stereocenters. The van der Waals surface area contributed by atoms with Crippen LogP contribution in [0.5, 0.6) is 0 Å². The molecule has 1 saturated heterocycles. The second-order valence-corrected chi connectivity index (χ2v) is 4.25. The quantitative estimate of drug-likeness (QED) is 0.724. The molecule has 2 aliphatic heterocycles. The summed E-state index contributed by atoms with van der Waals surface area (Å²) >= 11 is 0. The fourth-order valence-corrected chi connectivity index (χ4v) is 2.59. The third-order valence-electron chi connectivity index (χ3n) is 3.22. The molecule has 14 heavy (non-hydrogen) atoms. The van der Waals surface area contributed by atoms with Gasteiger partial charge in [-0.25, -0.2) is 0 Å². The lowest BCUT2D eigenvalue weighted by atomic mass is 9.92. The first-order valence-electron chi connectivity index (χ1n) is 5.42. The summed E-state index contributed by atoms with van der Waals surface area (Å²) in [6.45, 7) is 2.11. The van der Waals surface area contributed by atoms with E-state index < -0.39 is 5.72 Å². The van der Waals surface area contributed by atoms with Crippen molar-refractivity contribution < 1.29 is 9.90 Å².